The van der Waals surface area contributed by atoms with Crippen molar-refractivity contribution < 1.29 is 4.79 Å². The number of fused-ring (bicyclic) bond motifs is 2. The zero-order chi connectivity index (χ0) is 19.4. The number of halogens is 1. The summed E-state index contributed by atoms with van der Waals surface area (Å²) < 4.78 is 6.25. The average molecular weight is 414 g/mol. The molecular weight excluding hydrogens is 398 g/mol. The maximum atomic E-state index is 13.2. The monoisotopic (exact) mass is 413 g/mol. The number of amides is 1. The van der Waals surface area contributed by atoms with Crippen molar-refractivity contribution in [3.05, 3.63) is 46.6 Å². The number of benzene rings is 1. The van der Waals surface area contributed by atoms with Crippen LogP contribution in [0.2, 0.25) is 5.02 Å². The van der Waals surface area contributed by atoms with Crippen molar-refractivity contribution in [2.75, 3.05) is 6.54 Å². The zero-order valence-corrected chi connectivity index (χ0v) is 16.8. The zero-order valence-electron chi connectivity index (χ0n) is 15.2. The van der Waals surface area contributed by atoms with Gasteiger partial charge in [0, 0.05) is 35.8 Å². The number of nitrogens with one attached hydrogen (secondary N) is 1. The van der Waals surface area contributed by atoms with Crippen LogP contribution in [0.1, 0.15) is 35.0 Å². The summed E-state index contributed by atoms with van der Waals surface area (Å²) in [5, 5.41) is 10.9. The third-order valence-electron chi connectivity index (χ3n) is 5.04. The maximum absolute atomic E-state index is 13.2. The number of aromatic amines is 1. The quantitative estimate of drug-likeness (QED) is 0.543. The number of aromatic nitrogens is 6. The Hall–Kier alpha value is -2.78. The molecule has 1 amide bonds. The van der Waals surface area contributed by atoms with Gasteiger partial charge in [0.05, 0.1) is 11.1 Å². The van der Waals surface area contributed by atoms with Crippen molar-refractivity contribution in [1.29, 1.82) is 0 Å². The Morgan fingerprint density at radius 3 is 2.96 bits per heavy atom. The first-order valence-electron chi connectivity index (χ1n) is 8.84. The van der Waals surface area contributed by atoms with Gasteiger partial charge in [-0.05, 0) is 37.5 Å². The van der Waals surface area contributed by atoms with Gasteiger partial charge in [0.15, 0.2) is 16.7 Å². The van der Waals surface area contributed by atoms with Crippen LogP contribution in [0.5, 0.6) is 0 Å². The summed E-state index contributed by atoms with van der Waals surface area (Å²) in [4.78, 5) is 22.5. The predicted octanol–water partition coefficient (Wildman–Crippen LogP) is 3.46. The first-order valence-corrected chi connectivity index (χ1v) is 9.99. The molecule has 1 N–H and O–H groups in total. The Morgan fingerprint density at radius 1 is 1.32 bits per heavy atom. The van der Waals surface area contributed by atoms with Crippen LogP contribution in [-0.4, -0.2) is 46.5 Å². The molecule has 0 fully saturated rings. The van der Waals surface area contributed by atoms with Gasteiger partial charge in [0.1, 0.15) is 5.82 Å². The highest BCUT2D eigenvalue weighted by atomic mass is 35.5. The summed E-state index contributed by atoms with van der Waals surface area (Å²) in [5.41, 5.74) is 1.46. The Bertz CT molecular complexity index is 1210. The predicted molar refractivity (Wildman–Crippen MR) is 106 cm³/mol. The molecule has 1 aliphatic heterocycles. The highest BCUT2D eigenvalue weighted by Gasteiger charge is 2.32. The number of hydrogen-bond donors (Lipinski definition) is 1. The lowest BCUT2D eigenvalue weighted by atomic mass is 10.1. The lowest BCUT2D eigenvalue weighted by Gasteiger charge is -2.33. The Morgan fingerprint density at radius 2 is 2.18 bits per heavy atom. The fourth-order valence-corrected chi connectivity index (χ4v) is 4.48. The van der Waals surface area contributed by atoms with Gasteiger partial charge >= 0.3 is 0 Å². The molecule has 8 nitrogen and oxygen atoms in total. The molecule has 4 aromatic rings. The van der Waals surface area contributed by atoms with Crippen molar-refractivity contribution in [3.8, 4) is 10.8 Å². The summed E-state index contributed by atoms with van der Waals surface area (Å²) in [6, 6.07) is 5.32. The molecule has 0 unspecified atom stereocenters. The van der Waals surface area contributed by atoms with Gasteiger partial charge in [-0.3, -0.25) is 4.79 Å². The SMILES string of the molecule is Cc1nsc(-c2nnc3n2CCN(C(=O)c2ccc4c(Cl)c[nH]c4c2)[C@@H]3C)n1. The van der Waals surface area contributed by atoms with E-state index >= 15 is 0 Å². The van der Waals surface area contributed by atoms with E-state index in [0.717, 1.165) is 27.6 Å². The lowest BCUT2D eigenvalue weighted by Crippen LogP contribution is -2.41. The number of carbonyl (C=O) groups is 1. The number of rotatable bonds is 2. The largest absolute Gasteiger partial charge is 0.360 e. The van der Waals surface area contributed by atoms with Crippen molar-refractivity contribution in [2.24, 2.45) is 0 Å². The third-order valence-corrected chi connectivity index (χ3v) is 6.16. The molecule has 0 radical (unpaired) electrons. The second-order valence-electron chi connectivity index (χ2n) is 6.75. The van der Waals surface area contributed by atoms with Crippen LogP contribution in [0.3, 0.4) is 0 Å². The highest BCUT2D eigenvalue weighted by molar-refractivity contribution is 7.09. The van der Waals surface area contributed by atoms with Gasteiger partial charge in [0.2, 0.25) is 0 Å². The van der Waals surface area contributed by atoms with E-state index in [9.17, 15) is 4.79 Å². The fraction of sp³-hybridized carbons (Fsp3) is 0.278. The van der Waals surface area contributed by atoms with E-state index in [-0.39, 0.29) is 11.9 Å². The normalized spacial score (nSPS) is 16.5. The minimum atomic E-state index is -0.195. The first-order chi connectivity index (χ1) is 13.5. The van der Waals surface area contributed by atoms with Crippen LogP contribution in [0.25, 0.3) is 21.7 Å². The van der Waals surface area contributed by atoms with Crippen LogP contribution in [0.15, 0.2) is 24.4 Å². The number of H-pyrrole nitrogens is 1. The molecule has 4 heterocycles. The van der Waals surface area contributed by atoms with Gasteiger partial charge in [-0.15, -0.1) is 10.2 Å². The summed E-state index contributed by atoms with van der Waals surface area (Å²) in [5.74, 6) is 2.15. The van der Waals surface area contributed by atoms with Crippen molar-refractivity contribution in [3.63, 3.8) is 0 Å². The molecule has 28 heavy (non-hydrogen) atoms. The Balaban J connectivity index is 1.46. The second kappa shape index (κ2) is 6.39. The van der Waals surface area contributed by atoms with Crippen LogP contribution in [0.4, 0.5) is 0 Å². The smallest absolute Gasteiger partial charge is 0.254 e. The molecule has 1 atom stereocenters. The van der Waals surface area contributed by atoms with Gasteiger partial charge in [-0.1, -0.05) is 17.7 Å². The topological polar surface area (TPSA) is 92.6 Å². The summed E-state index contributed by atoms with van der Waals surface area (Å²) in [6.07, 6.45) is 1.73. The van der Waals surface area contributed by atoms with Crippen molar-refractivity contribution in [2.45, 2.75) is 26.4 Å². The summed E-state index contributed by atoms with van der Waals surface area (Å²) in [6.45, 7) is 5.00. The number of carbonyl (C=O) groups excluding carboxylic acids is 1. The van der Waals surface area contributed by atoms with Gasteiger partial charge in [-0.2, -0.15) is 4.37 Å². The van der Waals surface area contributed by atoms with Crippen LogP contribution >= 0.6 is 23.1 Å². The second-order valence-corrected chi connectivity index (χ2v) is 7.91. The van der Waals surface area contributed by atoms with Crippen LogP contribution in [0, 0.1) is 6.92 Å². The van der Waals surface area contributed by atoms with Crippen molar-refractivity contribution >= 4 is 39.9 Å². The van der Waals surface area contributed by atoms with Gasteiger partial charge in [-0.25, -0.2) is 4.98 Å². The van der Waals surface area contributed by atoms with E-state index in [4.69, 9.17) is 11.6 Å². The molecule has 1 aromatic carbocycles. The van der Waals surface area contributed by atoms with Gasteiger partial charge < -0.3 is 14.5 Å². The average Bonchev–Trinajstić information content (AvgIpc) is 3.40. The molecule has 0 saturated carbocycles. The van der Waals surface area contributed by atoms with Crippen LogP contribution in [-0.2, 0) is 6.54 Å². The van der Waals surface area contributed by atoms with Crippen molar-refractivity contribution in [1.82, 2.24) is 34.0 Å². The molecule has 0 bridgehead atoms. The molecule has 142 valence electrons. The van der Waals surface area contributed by atoms with Gasteiger partial charge in [0.25, 0.3) is 5.91 Å². The molecule has 0 aliphatic carbocycles. The minimum absolute atomic E-state index is 0.0392. The molecule has 10 heteroatoms. The molecule has 3 aromatic heterocycles. The Kier molecular flexibility index (Phi) is 3.95. The summed E-state index contributed by atoms with van der Waals surface area (Å²) >= 11 is 7.44. The molecule has 5 rings (SSSR count). The van der Waals surface area contributed by atoms with E-state index in [1.807, 2.05) is 41.5 Å². The van der Waals surface area contributed by atoms with Crippen LogP contribution < -0.4 is 0 Å². The van der Waals surface area contributed by atoms with E-state index in [1.165, 1.54) is 11.5 Å². The molecular formula is C18H16ClN7OS. The molecule has 0 spiro atoms. The number of aryl methyl sites for hydroxylation is 1. The maximum Gasteiger partial charge on any atom is 0.254 e. The third kappa shape index (κ3) is 2.61. The van der Waals surface area contributed by atoms with E-state index in [1.54, 1.807) is 6.20 Å². The summed E-state index contributed by atoms with van der Waals surface area (Å²) in [7, 11) is 0. The standard InChI is InChI=1S/C18H16ClN7OS/c1-9-15-22-23-16(17-21-10(2)24-28-17)26(15)6-5-25(9)18(27)11-3-4-12-13(19)8-20-14(12)7-11/h3-4,7-9,20H,5-6H2,1-2H3/t9-/m1/s1. The van der Waals surface area contributed by atoms with E-state index in [0.29, 0.717) is 29.5 Å². The number of hydrogen-bond acceptors (Lipinski definition) is 6. The first kappa shape index (κ1) is 17.3. The van der Waals surface area contributed by atoms with E-state index in [2.05, 4.69) is 24.5 Å². The molecule has 1 aliphatic rings. The number of nitrogens with zero attached hydrogens (tertiary/aromatic N) is 6. The highest BCUT2D eigenvalue weighted by Crippen LogP contribution is 2.31. The lowest BCUT2D eigenvalue weighted by molar-refractivity contribution is 0.0638. The van der Waals surface area contributed by atoms with E-state index < -0.39 is 0 Å². The fourth-order valence-electron chi connectivity index (χ4n) is 3.60. The molecule has 0 saturated heterocycles. The minimum Gasteiger partial charge on any atom is -0.360 e. The Labute approximate surface area is 169 Å².